The molecule has 40 heavy (non-hydrogen) atoms. The molecule has 0 aliphatic carbocycles. The molecule has 214 valence electrons. The highest BCUT2D eigenvalue weighted by Gasteiger charge is 2.34. The van der Waals surface area contributed by atoms with E-state index < -0.39 is 34.1 Å². The standard InChI is InChI=1S/C29H32BrCl2N3O4S/c1-5-26(28(37)33-29(2,3)4)34(18-20-11-16-24(31)25(32)17-20)27(36)19-35(22-14-12-21(30)13-15-22)40(38,39)23-9-7-6-8-10-23/h6-17,26H,5,18-19H2,1-4H3,(H,33,37)/t26-/m0/s1. The fourth-order valence-corrected chi connectivity index (χ4v) is 6.08. The van der Waals surface area contributed by atoms with Crippen molar-refractivity contribution in [3.05, 3.63) is 92.9 Å². The minimum Gasteiger partial charge on any atom is -0.350 e. The van der Waals surface area contributed by atoms with Crippen LogP contribution in [0.2, 0.25) is 10.0 Å². The average Bonchev–Trinajstić information content (AvgIpc) is 2.89. The van der Waals surface area contributed by atoms with Crippen LogP contribution in [0, 0.1) is 0 Å². The van der Waals surface area contributed by atoms with Crippen LogP contribution in [0.25, 0.3) is 0 Å². The zero-order valence-electron chi connectivity index (χ0n) is 22.7. The van der Waals surface area contributed by atoms with E-state index in [1.807, 2.05) is 20.8 Å². The van der Waals surface area contributed by atoms with Gasteiger partial charge in [-0.15, -0.1) is 0 Å². The first-order valence-electron chi connectivity index (χ1n) is 12.6. The molecule has 0 radical (unpaired) electrons. The van der Waals surface area contributed by atoms with Crippen LogP contribution in [-0.4, -0.2) is 43.3 Å². The average molecular weight is 669 g/mol. The van der Waals surface area contributed by atoms with Gasteiger partial charge in [-0.2, -0.15) is 0 Å². The number of anilines is 1. The van der Waals surface area contributed by atoms with Gasteiger partial charge in [-0.1, -0.05) is 70.3 Å². The van der Waals surface area contributed by atoms with Gasteiger partial charge in [0, 0.05) is 16.6 Å². The van der Waals surface area contributed by atoms with Gasteiger partial charge in [-0.05, 0) is 81.3 Å². The Balaban J connectivity index is 2.07. The van der Waals surface area contributed by atoms with Gasteiger partial charge >= 0.3 is 0 Å². The van der Waals surface area contributed by atoms with Crippen LogP contribution in [0.1, 0.15) is 39.7 Å². The van der Waals surface area contributed by atoms with Gasteiger partial charge in [-0.25, -0.2) is 8.42 Å². The first-order valence-corrected chi connectivity index (χ1v) is 15.6. The number of nitrogens with zero attached hydrogens (tertiary/aromatic N) is 2. The van der Waals surface area contributed by atoms with Crippen LogP contribution < -0.4 is 9.62 Å². The molecule has 0 heterocycles. The van der Waals surface area contributed by atoms with E-state index in [0.717, 1.165) is 8.78 Å². The minimum absolute atomic E-state index is 0.0192. The van der Waals surface area contributed by atoms with Crippen LogP contribution >= 0.6 is 39.1 Å². The molecule has 0 aliphatic rings. The number of benzene rings is 3. The molecular formula is C29H32BrCl2N3O4S. The van der Waals surface area contributed by atoms with Gasteiger partial charge in [0.2, 0.25) is 11.8 Å². The fourth-order valence-electron chi connectivity index (χ4n) is 4.06. The summed E-state index contributed by atoms with van der Waals surface area (Å²) in [7, 11) is -4.13. The molecule has 1 N–H and O–H groups in total. The Morgan fingerprint density at radius 1 is 0.950 bits per heavy atom. The third kappa shape index (κ3) is 8.22. The predicted octanol–water partition coefficient (Wildman–Crippen LogP) is 6.67. The predicted molar refractivity (Wildman–Crippen MR) is 164 cm³/mol. The molecule has 0 saturated carbocycles. The summed E-state index contributed by atoms with van der Waals surface area (Å²) in [6.07, 6.45) is 0.304. The van der Waals surface area contributed by atoms with E-state index in [1.54, 1.807) is 67.6 Å². The molecule has 0 saturated heterocycles. The smallest absolute Gasteiger partial charge is 0.264 e. The number of rotatable bonds is 10. The lowest BCUT2D eigenvalue weighted by Crippen LogP contribution is -2.55. The second-order valence-electron chi connectivity index (χ2n) is 10.2. The summed E-state index contributed by atoms with van der Waals surface area (Å²) >= 11 is 15.7. The summed E-state index contributed by atoms with van der Waals surface area (Å²) in [4.78, 5) is 28.9. The number of hydrogen-bond acceptors (Lipinski definition) is 4. The first kappa shape index (κ1) is 31.9. The monoisotopic (exact) mass is 667 g/mol. The van der Waals surface area contributed by atoms with E-state index in [1.165, 1.54) is 17.0 Å². The molecule has 7 nitrogen and oxygen atoms in total. The molecule has 3 rings (SSSR count). The van der Waals surface area contributed by atoms with Crippen LogP contribution in [0.3, 0.4) is 0 Å². The Kier molecular flexibility index (Phi) is 10.7. The van der Waals surface area contributed by atoms with Gasteiger partial charge in [-0.3, -0.25) is 13.9 Å². The highest BCUT2D eigenvalue weighted by molar-refractivity contribution is 9.10. The normalized spacial score (nSPS) is 12.5. The van der Waals surface area contributed by atoms with E-state index in [-0.39, 0.29) is 17.3 Å². The molecule has 2 amide bonds. The van der Waals surface area contributed by atoms with Gasteiger partial charge < -0.3 is 10.2 Å². The summed E-state index contributed by atoms with van der Waals surface area (Å²) in [5.74, 6) is -0.895. The molecular weight excluding hydrogens is 637 g/mol. The van der Waals surface area contributed by atoms with Crippen molar-refractivity contribution in [1.29, 1.82) is 0 Å². The second kappa shape index (κ2) is 13.4. The molecule has 0 aromatic heterocycles. The molecule has 0 unspecified atom stereocenters. The van der Waals surface area contributed by atoms with Gasteiger partial charge in [0.1, 0.15) is 12.6 Å². The Bertz CT molecular complexity index is 1450. The van der Waals surface area contributed by atoms with Gasteiger partial charge in [0.15, 0.2) is 0 Å². The second-order valence-corrected chi connectivity index (χ2v) is 13.8. The summed E-state index contributed by atoms with van der Waals surface area (Å²) in [6.45, 7) is 6.85. The van der Waals surface area contributed by atoms with Crippen LogP contribution in [0.5, 0.6) is 0 Å². The lowest BCUT2D eigenvalue weighted by Gasteiger charge is -2.34. The molecule has 0 spiro atoms. The maximum absolute atomic E-state index is 14.1. The van der Waals surface area contributed by atoms with E-state index in [2.05, 4.69) is 21.2 Å². The maximum Gasteiger partial charge on any atom is 0.264 e. The summed E-state index contributed by atoms with van der Waals surface area (Å²) in [5.41, 5.74) is 0.413. The van der Waals surface area contributed by atoms with Gasteiger partial charge in [0.05, 0.1) is 20.6 Å². The van der Waals surface area contributed by atoms with Crippen molar-refractivity contribution >= 4 is 66.7 Å². The first-order chi connectivity index (χ1) is 18.7. The van der Waals surface area contributed by atoms with Crippen LogP contribution in [0.4, 0.5) is 5.69 Å². The molecule has 0 fully saturated rings. The Labute approximate surface area is 254 Å². The van der Waals surface area contributed by atoms with E-state index in [0.29, 0.717) is 27.7 Å². The highest BCUT2D eigenvalue weighted by Crippen LogP contribution is 2.27. The lowest BCUT2D eigenvalue weighted by atomic mass is 10.1. The van der Waals surface area contributed by atoms with E-state index in [4.69, 9.17) is 23.2 Å². The summed E-state index contributed by atoms with van der Waals surface area (Å²) in [5, 5.41) is 3.61. The molecule has 3 aromatic carbocycles. The zero-order valence-corrected chi connectivity index (χ0v) is 26.6. The Morgan fingerprint density at radius 2 is 1.57 bits per heavy atom. The largest absolute Gasteiger partial charge is 0.350 e. The van der Waals surface area contributed by atoms with Crippen molar-refractivity contribution in [3.63, 3.8) is 0 Å². The van der Waals surface area contributed by atoms with Crippen molar-refractivity contribution in [2.75, 3.05) is 10.8 Å². The van der Waals surface area contributed by atoms with Crippen molar-refractivity contribution in [3.8, 4) is 0 Å². The lowest BCUT2D eigenvalue weighted by molar-refractivity contribution is -0.141. The number of nitrogens with one attached hydrogen (secondary N) is 1. The zero-order chi connectivity index (χ0) is 29.7. The number of carbonyl (C=O) groups excluding carboxylic acids is 2. The highest BCUT2D eigenvalue weighted by atomic mass is 79.9. The molecule has 3 aromatic rings. The molecule has 1 atom stereocenters. The molecule has 0 bridgehead atoms. The van der Waals surface area contributed by atoms with Crippen LogP contribution in [-0.2, 0) is 26.2 Å². The van der Waals surface area contributed by atoms with Crippen LogP contribution in [0.15, 0.2) is 82.2 Å². The topological polar surface area (TPSA) is 86.8 Å². The molecule has 11 heteroatoms. The number of sulfonamides is 1. The van der Waals surface area contributed by atoms with Crippen molar-refractivity contribution in [2.24, 2.45) is 0 Å². The Morgan fingerprint density at radius 3 is 2.12 bits per heavy atom. The Hall–Kier alpha value is -2.59. The third-order valence-electron chi connectivity index (χ3n) is 5.95. The molecule has 0 aliphatic heterocycles. The SMILES string of the molecule is CC[C@@H](C(=O)NC(C)(C)C)N(Cc1ccc(Cl)c(Cl)c1)C(=O)CN(c1ccc(Br)cc1)S(=O)(=O)c1ccccc1. The summed E-state index contributed by atoms with van der Waals surface area (Å²) in [6, 6.07) is 18.6. The minimum atomic E-state index is -4.13. The van der Waals surface area contributed by atoms with E-state index in [9.17, 15) is 18.0 Å². The fraction of sp³-hybridized carbons (Fsp3) is 0.310. The van der Waals surface area contributed by atoms with Crippen molar-refractivity contribution < 1.29 is 18.0 Å². The van der Waals surface area contributed by atoms with E-state index >= 15 is 0 Å². The number of halogens is 3. The van der Waals surface area contributed by atoms with Gasteiger partial charge in [0.25, 0.3) is 10.0 Å². The summed E-state index contributed by atoms with van der Waals surface area (Å²) < 4.78 is 29.4. The quantitative estimate of drug-likeness (QED) is 0.261. The number of amides is 2. The van der Waals surface area contributed by atoms with Crippen molar-refractivity contribution in [1.82, 2.24) is 10.2 Å². The van der Waals surface area contributed by atoms with Crippen molar-refractivity contribution in [2.45, 2.75) is 57.1 Å². The number of carbonyl (C=O) groups is 2. The number of hydrogen-bond donors (Lipinski definition) is 1. The maximum atomic E-state index is 14.1. The third-order valence-corrected chi connectivity index (χ3v) is 9.00.